The summed E-state index contributed by atoms with van der Waals surface area (Å²) in [6.45, 7) is 0. The Kier molecular flexibility index (Phi) is 3.69. The van der Waals surface area contributed by atoms with Crippen LogP contribution in [0, 0.1) is 15.9 Å². The van der Waals surface area contributed by atoms with Gasteiger partial charge in [0.05, 0.1) is 22.1 Å². The molecule has 0 saturated heterocycles. The van der Waals surface area contributed by atoms with Gasteiger partial charge in [-0.05, 0) is 34.8 Å². The van der Waals surface area contributed by atoms with Crippen LogP contribution in [-0.4, -0.2) is 15.1 Å². The highest BCUT2D eigenvalue weighted by Gasteiger charge is 2.36. The zero-order valence-corrected chi connectivity index (χ0v) is 13.0. The Morgan fingerprint density at radius 2 is 2.09 bits per heavy atom. The van der Waals surface area contributed by atoms with Crippen LogP contribution in [0.2, 0.25) is 0 Å². The van der Waals surface area contributed by atoms with E-state index >= 15 is 0 Å². The number of hydrogen-bond donors (Lipinski definition) is 1. The Bertz CT molecular complexity index is 743. The third-order valence-corrected chi connectivity index (χ3v) is 4.65. The largest absolute Gasteiger partial charge is 0.334 e. The van der Waals surface area contributed by atoms with Gasteiger partial charge < -0.3 is 10.3 Å². The third-order valence-electron chi connectivity index (χ3n) is 3.81. The fraction of sp³-hybridized carbons (Fsp3) is 0.385. The highest BCUT2D eigenvalue weighted by Crippen LogP contribution is 2.38. The molecule has 1 aliphatic rings. The number of nitro groups is 1. The number of nitro benzene ring substituents is 1. The first-order valence-electron chi connectivity index (χ1n) is 6.67. The molecule has 2 N–H and O–H groups in total. The van der Waals surface area contributed by atoms with Crippen molar-refractivity contribution in [1.82, 2.24) is 10.1 Å². The maximum Gasteiger partial charge on any atom is 0.287 e. The van der Waals surface area contributed by atoms with E-state index in [1.54, 1.807) is 0 Å². The van der Waals surface area contributed by atoms with E-state index in [0.29, 0.717) is 5.82 Å². The van der Waals surface area contributed by atoms with E-state index in [1.807, 2.05) is 0 Å². The van der Waals surface area contributed by atoms with Crippen LogP contribution in [0.4, 0.5) is 10.1 Å². The number of hydrogen-bond acceptors (Lipinski definition) is 6. The first-order chi connectivity index (χ1) is 10.4. The summed E-state index contributed by atoms with van der Waals surface area (Å²) in [7, 11) is 0. The van der Waals surface area contributed by atoms with Crippen LogP contribution in [0.3, 0.4) is 0 Å². The summed E-state index contributed by atoms with van der Waals surface area (Å²) in [4.78, 5) is 14.5. The minimum absolute atomic E-state index is 0.00111. The average Bonchev–Trinajstić information content (AvgIpc) is 3.10. The van der Waals surface area contributed by atoms with Crippen molar-refractivity contribution in [3.05, 3.63) is 38.4 Å². The molecule has 1 aliphatic carbocycles. The van der Waals surface area contributed by atoms with Gasteiger partial charge in [0.15, 0.2) is 5.82 Å². The van der Waals surface area contributed by atoms with Gasteiger partial charge in [0, 0.05) is 0 Å². The second kappa shape index (κ2) is 5.40. The van der Waals surface area contributed by atoms with Gasteiger partial charge in [-0.2, -0.15) is 4.98 Å². The molecule has 0 atom stereocenters. The molecule has 1 aromatic heterocycles. The van der Waals surface area contributed by atoms with Crippen molar-refractivity contribution in [2.45, 2.75) is 31.2 Å². The van der Waals surface area contributed by atoms with Crippen molar-refractivity contribution in [2.24, 2.45) is 5.73 Å². The van der Waals surface area contributed by atoms with E-state index in [9.17, 15) is 14.5 Å². The molecule has 1 saturated carbocycles. The summed E-state index contributed by atoms with van der Waals surface area (Å²) < 4.78 is 18.8. The lowest BCUT2D eigenvalue weighted by molar-refractivity contribution is -0.385. The number of nitrogens with zero attached hydrogens (tertiary/aromatic N) is 3. The minimum atomic E-state index is -0.757. The van der Waals surface area contributed by atoms with Crippen LogP contribution in [0.25, 0.3) is 11.5 Å². The van der Waals surface area contributed by atoms with Crippen LogP contribution >= 0.6 is 15.9 Å². The van der Waals surface area contributed by atoms with Crippen molar-refractivity contribution >= 4 is 21.6 Å². The van der Waals surface area contributed by atoms with Gasteiger partial charge in [-0.1, -0.05) is 18.0 Å². The monoisotopic (exact) mass is 370 g/mol. The Morgan fingerprint density at radius 3 is 2.73 bits per heavy atom. The quantitative estimate of drug-likeness (QED) is 0.655. The van der Waals surface area contributed by atoms with Crippen LogP contribution in [0.1, 0.15) is 31.5 Å². The van der Waals surface area contributed by atoms with Crippen molar-refractivity contribution in [3.63, 3.8) is 0 Å². The SMILES string of the molecule is NC1(c2noc(-c3cc(F)cc([N+](=O)[O-])c3Br)n2)CCCC1. The number of rotatable bonds is 3. The molecule has 22 heavy (non-hydrogen) atoms. The summed E-state index contributed by atoms with van der Waals surface area (Å²) in [5.41, 5.74) is 5.32. The van der Waals surface area contributed by atoms with E-state index in [2.05, 4.69) is 26.1 Å². The van der Waals surface area contributed by atoms with Gasteiger partial charge in [-0.15, -0.1) is 0 Å². The molecule has 0 unspecified atom stereocenters. The number of halogens is 2. The zero-order chi connectivity index (χ0) is 15.9. The number of nitrogens with two attached hydrogens (primary N) is 1. The predicted molar refractivity (Wildman–Crippen MR) is 78.4 cm³/mol. The lowest BCUT2D eigenvalue weighted by Gasteiger charge is -2.17. The summed E-state index contributed by atoms with van der Waals surface area (Å²) in [6, 6.07) is 1.93. The standard InChI is InChI=1S/C13H12BrFN4O3/c14-10-8(5-7(15)6-9(10)19(20)21)11-17-12(18-22-11)13(16)3-1-2-4-13/h5-6H,1-4,16H2. The normalized spacial score (nSPS) is 16.9. The van der Waals surface area contributed by atoms with Crippen molar-refractivity contribution in [2.75, 3.05) is 0 Å². The topological polar surface area (TPSA) is 108 Å². The van der Waals surface area contributed by atoms with E-state index in [0.717, 1.165) is 37.8 Å². The Hall–Kier alpha value is -1.87. The van der Waals surface area contributed by atoms with Crippen LogP contribution < -0.4 is 5.73 Å². The lowest BCUT2D eigenvalue weighted by Crippen LogP contribution is -2.34. The fourth-order valence-corrected chi connectivity index (χ4v) is 3.17. The zero-order valence-electron chi connectivity index (χ0n) is 11.4. The molecule has 1 heterocycles. The highest BCUT2D eigenvalue weighted by molar-refractivity contribution is 9.10. The van der Waals surface area contributed by atoms with E-state index in [4.69, 9.17) is 10.3 Å². The Labute approximate surface area is 133 Å². The lowest BCUT2D eigenvalue weighted by atomic mass is 9.99. The van der Waals surface area contributed by atoms with E-state index in [-0.39, 0.29) is 15.9 Å². The van der Waals surface area contributed by atoms with Gasteiger partial charge in [-0.3, -0.25) is 10.1 Å². The minimum Gasteiger partial charge on any atom is -0.334 e. The molecule has 0 bridgehead atoms. The van der Waals surface area contributed by atoms with Crippen molar-refractivity contribution in [3.8, 4) is 11.5 Å². The molecular weight excluding hydrogens is 359 g/mol. The Balaban J connectivity index is 2.05. The molecule has 7 nitrogen and oxygen atoms in total. The van der Waals surface area contributed by atoms with E-state index in [1.165, 1.54) is 0 Å². The fourth-order valence-electron chi connectivity index (χ4n) is 2.63. The molecule has 9 heteroatoms. The molecule has 2 aromatic rings. The van der Waals surface area contributed by atoms with E-state index < -0.39 is 22.0 Å². The van der Waals surface area contributed by atoms with Gasteiger partial charge in [0.2, 0.25) is 0 Å². The summed E-state index contributed by atoms with van der Waals surface area (Å²) in [5, 5.41) is 14.8. The highest BCUT2D eigenvalue weighted by atomic mass is 79.9. The van der Waals surface area contributed by atoms with Crippen LogP contribution in [0.5, 0.6) is 0 Å². The maximum atomic E-state index is 13.6. The summed E-state index contributed by atoms with van der Waals surface area (Å²) in [5.74, 6) is -0.409. The third kappa shape index (κ3) is 2.50. The van der Waals surface area contributed by atoms with Crippen LogP contribution in [0.15, 0.2) is 21.1 Å². The molecule has 1 fully saturated rings. The molecule has 0 radical (unpaired) electrons. The van der Waals surface area contributed by atoms with Crippen molar-refractivity contribution in [1.29, 1.82) is 0 Å². The second-order valence-electron chi connectivity index (χ2n) is 5.33. The van der Waals surface area contributed by atoms with Gasteiger partial charge in [0.25, 0.3) is 11.6 Å². The summed E-state index contributed by atoms with van der Waals surface area (Å²) in [6.07, 6.45) is 3.46. The second-order valence-corrected chi connectivity index (χ2v) is 6.12. The van der Waals surface area contributed by atoms with Gasteiger partial charge in [0.1, 0.15) is 10.3 Å². The van der Waals surface area contributed by atoms with Crippen molar-refractivity contribution < 1.29 is 13.8 Å². The Morgan fingerprint density at radius 1 is 1.41 bits per heavy atom. The van der Waals surface area contributed by atoms with Crippen LogP contribution in [-0.2, 0) is 5.54 Å². The molecule has 0 amide bonds. The molecule has 0 aliphatic heterocycles. The first kappa shape index (κ1) is 15.0. The van der Waals surface area contributed by atoms with Gasteiger partial charge >= 0.3 is 0 Å². The number of aromatic nitrogens is 2. The molecular formula is C13H12BrFN4O3. The smallest absolute Gasteiger partial charge is 0.287 e. The predicted octanol–water partition coefficient (Wildman–Crippen LogP) is 3.27. The first-order valence-corrected chi connectivity index (χ1v) is 7.47. The summed E-state index contributed by atoms with van der Waals surface area (Å²) >= 11 is 3.09. The molecule has 0 spiro atoms. The maximum absolute atomic E-state index is 13.6. The van der Waals surface area contributed by atoms with Gasteiger partial charge in [-0.25, -0.2) is 4.39 Å². The molecule has 1 aromatic carbocycles. The average molecular weight is 371 g/mol. The molecule has 116 valence electrons. The molecule has 3 rings (SSSR count). The number of benzene rings is 1.